The fourth-order valence-electron chi connectivity index (χ4n) is 1.58. The Balaban J connectivity index is 1.85. The number of halogens is 1. The first-order valence-corrected chi connectivity index (χ1v) is 6.64. The number of nitrogens with one attached hydrogen (secondary N) is 1. The van der Waals surface area contributed by atoms with Crippen LogP contribution in [0.5, 0.6) is 0 Å². The largest absolute Gasteiger partial charge is 0.460 e. The van der Waals surface area contributed by atoms with Gasteiger partial charge in [-0.25, -0.2) is 4.39 Å². The summed E-state index contributed by atoms with van der Waals surface area (Å²) in [5.74, 6) is 1.08. The molecule has 1 fully saturated rings. The van der Waals surface area contributed by atoms with Gasteiger partial charge in [-0.1, -0.05) is 18.2 Å². The molecule has 1 N–H and O–H groups in total. The second-order valence-corrected chi connectivity index (χ2v) is 4.93. The lowest BCUT2D eigenvalue weighted by atomic mass is 10.2. The Morgan fingerprint density at radius 2 is 2.35 bits per heavy atom. The van der Waals surface area contributed by atoms with Crippen LogP contribution in [0.25, 0.3) is 0 Å². The average molecular weight is 255 g/mol. The Bertz CT molecular complexity index is 394. The van der Waals surface area contributed by atoms with Gasteiger partial charge < -0.3 is 10.1 Å². The van der Waals surface area contributed by atoms with Gasteiger partial charge in [0, 0.05) is 23.6 Å². The molecule has 0 spiro atoms. The van der Waals surface area contributed by atoms with Crippen LogP contribution in [0.2, 0.25) is 0 Å². The molecule has 3 nitrogen and oxygen atoms in total. The van der Waals surface area contributed by atoms with E-state index in [9.17, 15) is 9.18 Å². The molecule has 0 bridgehead atoms. The molecule has 1 aliphatic heterocycles. The van der Waals surface area contributed by atoms with Gasteiger partial charge in [-0.05, 0) is 6.07 Å². The van der Waals surface area contributed by atoms with Crippen LogP contribution in [-0.2, 0) is 16.1 Å². The lowest BCUT2D eigenvalue weighted by Gasteiger charge is -2.21. The zero-order chi connectivity index (χ0) is 12.1. The molecule has 1 aromatic rings. The molecule has 0 amide bonds. The molecule has 1 aliphatic rings. The summed E-state index contributed by atoms with van der Waals surface area (Å²) in [4.78, 5) is 11.7. The van der Waals surface area contributed by atoms with Gasteiger partial charge in [0.05, 0.1) is 0 Å². The third-order valence-corrected chi connectivity index (χ3v) is 3.60. The van der Waals surface area contributed by atoms with Crippen LogP contribution in [0.3, 0.4) is 0 Å². The van der Waals surface area contributed by atoms with Crippen molar-refractivity contribution in [1.29, 1.82) is 0 Å². The number of carbonyl (C=O) groups is 1. The van der Waals surface area contributed by atoms with Gasteiger partial charge in [-0.15, -0.1) is 0 Å². The van der Waals surface area contributed by atoms with Crippen molar-refractivity contribution >= 4 is 17.7 Å². The Kier molecular flexibility index (Phi) is 4.39. The molecule has 1 unspecified atom stereocenters. The number of rotatable bonds is 3. The first-order chi connectivity index (χ1) is 8.27. The fraction of sp³-hybridized carbons (Fsp3) is 0.417. The summed E-state index contributed by atoms with van der Waals surface area (Å²) in [5.41, 5.74) is 0.407. The Hall–Kier alpha value is -1.07. The second-order valence-electron chi connectivity index (χ2n) is 3.78. The molecule has 5 heteroatoms. The quantitative estimate of drug-likeness (QED) is 0.832. The molecular weight excluding hydrogens is 241 g/mol. The van der Waals surface area contributed by atoms with Crippen molar-refractivity contribution < 1.29 is 13.9 Å². The monoisotopic (exact) mass is 255 g/mol. The minimum Gasteiger partial charge on any atom is -0.460 e. The number of carbonyl (C=O) groups excluding carboxylic acids is 1. The van der Waals surface area contributed by atoms with Crippen LogP contribution < -0.4 is 5.32 Å². The average Bonchev–Trinajstić information content (AvgIpc) is 2.38. The Morgan fingerprint density at radius 3 is 3.06 bits per heavy atom. The van der Waals surface area contributed by atoms with E-state index in [0.29, 0.717) is 5.56 Å². The summed E-state index contributed by atoms with van der Waals surface area (Å²) in [6.45, 7) is 0.804. The van der Waals surface area contributed by atoms with Crippen molar-refractivity contribution in [1.82, 2.24) is 5.32 Å². The molecule has 92 valence electrons. The fourth-order valence-corrected chi connectivity index (χ4v) is 2.50. The molecule has 1 atom stereocenters. The van der Waals surface area contributed by atoms with Crippen LogP contribution in [0.15, 0.2) is 24.3 Å². The summed E-state index contributed by atoms with van der Waals surface area (Å²) in [6.07, 6.45) is 0. The van der Waals surface area contributed by atoms with Crippen LogP contribution in [0.1, 0.15) is 5.56 Å². The number of benzene rings is 1. The summed E-state index contributed by atoms with van der Waals surface area (Å²) in [5, 5.41) is 3.08. The van der Waals surface area contributed by atoms with Gasteiger partial charge in [0.1, 0.15) is 18.5 Å². The first kappa shape index (κ1) is 12.4. The van der Waals surface area contributed by atoms with Gasteiger partial charge in [0.15, 0.2) is 0 Å². The molecule has 2 rings (SSSR count). The van der Waals surface area contributed by atoms with Crippen LogP contribution in [0.4, 0.5) is 4.39 Å². The summed E-state index contributed by atoms with van der Waals surface area (Å²) in [6, 6.07) is 6.05. The molecule has 0 aromatic heterocycles. The highest BCUT2D eigenvalue weighted by Crippen LogP contribution is 2.11. The van der Waals surface area contributed by atoms with E-state index in [0.717, 1.165) is 18.1 Å². The van der Waals surface area contributed by atoms with Crippen molar-refractivity contribution in [3.8, 4) is 0 Å². The second kappa shape index (κ2) is 6.02. The van der Waals surface area contributed by atoms with Crippen LogP contribution in [0, 0.1) is 5.82 Å². The standard InChI is InChI=1S/C12H14FNO2S/c13-10-4-2-1-3-9(10)7-16-12(15)11-8-17-6-5-14-11/h1-4,11,14H,5-8H2. The molecule has 1 aromatic carbocycles. The van der Waals surface area contributed by atoms with Crippen molar-refractivity contribution in [3.05, 3.63) is 35.6 Å². The zero-order valence-electron chi connectivity index (χ0n) is 9.32. The molecule has 0 aliphatic carbocycles. The topological polar surface area (TPSA) is 38.3 Å². The molecule has 0 radical (unpaired) electrons. The predicted octanol–water partition coefficient (Wildman–Crippen LogP) is 1.57. The third kappa shape index (κ3) is 3.44. The normalized spacial score (nSPS) is 19.9. The maximum atomic E-state index is 13.3. The van der Waals surface area contributed by atoms with E-state index in [4.69, 9.17) is 4.74 Å². The Morgan fingerprint density at radius 1 is 1.53 bits per heavy atom. The smallest absolute Gasteiger partial charge is 0.324 e. The van der Waals surface area contributed by atoms with E-state index < -0.39 is 0 Å². The third-order valence-electron chi connectivity index (χ3n) is 2.53. The maximum absolute atomic E-state index is 13.3. The van der Waals surface area contributed by atoms with Gasteiger partial charge in [-0.3, -0.25) is 4.79 Å². The van der Waals surface area contributed by atoms with E-state index in [1.807, 2.05) is 0 Å². The highest BCUT2D eigenvalue weighted by Gasteiger charge is 2.22. The molecule has 1 heterocycles. The minimum atomic E-state index is -0.341. The lowest BCUT2D eigenvalue weighted by Crippen LogP contribution is -2.44. The van der Waals surface area contributed by atoms with E-state index in [-0.39, 0.29) is 24.4 Å². The first-order valence-electron chi connectivity index (χ1n) is 5.48. The maximum Gasteiger partial charge on any atom is 0.324 e. The van der Waals surface area contributed by atoms with Crippen molar-refractivity contribution in [2.75, 3.05) is 18.1 Å². The van der Waals surface area contributed by atoms with E-state index in [1.165, 1.54) is 6.07 Å². The number of hydrogen-bond donors (Lipinski definition) is 1. The number of ether oxygens (including phenoxy) is 1. The van der Waals surface area contributed by atoms with E-state index >= 15 is 0 Å². The lowest BCUT2D eigenvalue weighted by molar-refractivity contribution is -0.146. The Labute approximate surface area is 104 Å². The van der Waals surface area contributed by atoms with E-state index in [1.54, 1.807) is 30.0 Å². The van der Waals surface area contributed by atoms with Gasteiger partial charge in [0.25, 0.3) is 0 Å². The van der Waals surface area contributed by atoms with Crippen molar-refractivity contribution in [3.63, 3.8) is 0 Å². The molecule has 17 heavy (non-hydrogen) atoms. The van der Waals surface area contributed by atoms with Crippen molar-refractivity contribution in [2.45, 2.75) is 12.6 Å². The van der Waals surface area contributed by atoms with Gasteiger partial charge in [-0.2, -0.15) is 11.8 Å². The highest BCUT2D eigenvalue weighted by atomic mass is 32.2. The van der Waals surface area contributed by atoms with Gasteiger partial charge >= 0.3 is 5.97 Å². The predicted molar refractivity (Wildman–Crippen MR) is 65.3 cm³/mol. The molecule has 0 saturated carbocycles. The van der Waals surface area contributed by atoms with E-state index in [2.05, 4.69) is 5.32 Å². The number of esters is 1. The zero-order valence-corrected chi connectivity index (χ0v) is 10.1. The van der Waals surface area contributed by atoms with Crippen molar-refractivity contribution in [2.24, 2.45) is 0 Å². The highest BCUT2D eigenvalue weighted by molar-refractivity contribution is 7.99. The SMILES string of the molecule is O=C(OCc1ccccc1F)C1CSCCN1. The van der Waals surface area contributed by atoms with Gasteiger partial charge in [0.2, 0.25) is 0 Å². The summed E-state index contributed by atoms with van der Waals surface area (Å²) >= 11 is 1.72. The van der Waals surface area contributed by atoms with Crippen LogP contribution in [-0.4, -0.2) is 30.1 Å². The summed E-state index contributed by atoms with van der Waals surface area (Å²) < 4.78 is 18.4. The number of hydrogen-bond acceptors (Lipinski definition) is 4. The molecule has 1 saturated heterocycles. The minimum absolute atomic E-state index is 0.00560. The number of thioether (sulfide) groups is 1. The molecular formula is C12H14FNO2S. The summed E-state index contributed by atoms with van der Waals surface area (Å²) in [7, 11) is 0. The van der Waals surface area contributed by atoms with Crippen LogP contribution >= 0.6 is 11.8 Å².